The Kier molecular flexibility index (Phi) is 5.69. The van der Waals surface area contributed by atoms with E-state index >= 15 is 0 Å². The highest BCUT2D eigenvalue weighted by molar-refractivity contribution is 6.34. The summed E-state index contributed by atoms with van der Waals surface area (Å²) >= 11 is 6.04. The van der Waals surface area contributed by atoms with Crippen molar-refractivity contribution in [3.8, 4) is 0 Å². The first-order valence-electron chi connectivity index (χ1n) is 7.74. The van der Waals surface area contributed by atoms with Crippen molar-refractivity contribution in [1.82, 2.24) is 5.32 Å². The first-order chi connectivity index (χ1) is 11.7. The molecule has 0 spiro atoms. The Hall–Kier alpha value is -2.54. The lowest BCUT2D eigenvalue weighted by atomic mass is 10.1. The molecule has 1 heterocycles. The maximum absolute atomic E-state index is 12.1. The number of nitrogens with one attached hydrogen (secondary N) is 2. The van der Waals surface area contributed by atoms with Gasteiger partial charge in [-0.25, -0.2) is 9.59 Å². The molecular formula is C17H19ClN2O5. The summed E-state index contributed by atoms with van der Waals surface area (Å²) in [6.45, 7) is 5.40. The molecule has 1 aromatic carbocycles. The lowest BCUT2D eigenvalue weighted by Gasteiger charge is -2.29. The number of benzene rings is 1. The largest absolute Gasteiger partial charge is 0.419 e. The number of ether oxygens (including phenoxy) is 2. The van der Waals surface area contributed by atoms with E-state index in [1.54, 1.807) is 12.1 Å². The monoisotopic (exact) mass is 366 g/mol. The summed E-state index contributed by atoms with van der Waals surface area (Å²) in [5.74, 6) is -3.18. The third kappa shape index (κ3) is 4.73. The number of hydrogen-bond acceptors (Lipinski definition) is 6. The minimum Gasteiger partial charge on any atom is -0.419 e. The van der Waals surface area contributed by atoms with Gasteiger partial charge in [0.2, 0.25) is 0 Å². The predicted octanol–water partition coefficient (Wildman–Crippen LogP) is 2.61. The quantitative estimate of drug-likeness (QED) is 0.472. The van der Waals surface area contributed by atoms with Crippen molar-refractivity contribution in [3.05, 3.63) is 40.6 Å². The second-order valence-corrected chi connectivity index (χ2v) is 6.24. The maximum atomic E-state index is 12.1. The number of anilines is 1. The second kappa shape index (κ2) is 7.57. The summed E-state index contributed by atoms with van der Waals surface area (Å²) in [5.41, 5.74) is 0.490. The number of amides is 1. The zero-order chi connectivity index (χ0) is 18.6. The van der Waals surface area contributed by atoms with E-state index in [9.17, 15) is 14.4 Å². The molecule has 7 nitrogen and oxygen atoms in total. The van der Waals surface area contributed by atoms with Gasteiger partial charge < -0.3 is 20.1 Å². The molecule has 0 unspecified atom stereocenters. The van der Waals surface area contributed by atoms with Gasteiger partial charge in [-0.15, -0.1) is 0 Å². The van der Waals surface area contributed by atoms with Gasteiger partial charge in [-0.3, -0.25) is 4.79 Å². The number of halogens is 1. The van der Waals surface area contributed by atoms with Crippen molar-refractivity contribution in [1.29, 1.82) is 0 Å². The van der Waals surface area contributed by atoms with Crippen molar-refractivity contribution in [2.75, 3.05) is 11.9 Å². The molecule has 1 aliphatic heterocycles. The summed E-state index contributed by atoms with van der Waals surface area (Å²) in [5, 5.41) is 5.81. The molecule has 1 saturated heterocycles. The molecule has 0 radical (unpaired) electrons. The van der Waals surface area contributed by atoms with Crippen LogP contribution in [0.15, 0.2) is 30.0 Å². The van der Waals surface area contributed by atoms with Gasteiger partial charge in [0, 0.05) is 32.3 Å². The van der Waals surface area contributed by atoms with Crippen LogP contribution in [0.4, 0.5) is 5.69 Å². The maximum Gasteiger partial charge on any atom is 0.350 e. The fourth-order valence-electron chi connectivity index (χ4n) is 2.06. The molecule has 1 aromatic rings. The Balaban J connectivity index is 2.17. The van der Waals surface area contributed by atoms with E-state index in [-0.39, 0.29) is 17.0 Å². The lowest BCUT2D eigenvalue weighted by Crippen LogP contribution is -2.42. The first kappa shape index (κ1) is 18.8. The molecule has 1 fully saturated rings. The summed E-state index contributed by atoms with van der Waals surface area (Å²) in [7, 11) is 0. The Bertz CT molecular complexity index is 721. The highest BCUT2D eigenvalue weighted by atomic mass is 35.5. The van der Waals surface area contributed by atoms with Crippen LogP contribution in [-0.2, 0) is 19.1 Å². The SMILES string of the molecule is CCCNC(=O)c1cc(NC=C2C(=O)OC(C)(C)OC2=O)ccc1Cl. The van der Waals surface area contributed by atoms with E-state index in [0.717, 1.165) is 6.42 Å². The van der Waals surface area contributed by atoms with Gasteiger partial charge in [0.15, 0.2) is 5.57 Å². The Morgan fingerprint density at radius 2 is 1.88 bits per heavy atom. The summed E-state index contributed by atoms with van der Waals surface area (Å²) in [6, 6.07) is 4.68. The Morgan fingerprint density at radius 1 is 1.24 bits per heavy atom. The topological polar surface area (TPSA) is 93.7 Å². The molecule has 2 N–H and O–H groups in total. The van der Waals surface area contributed by atoms with Crippen LogP contribution < -0.4 is 10.6 Å². The van der Waals surface area contributed by atoms with E-state index < -0.39 is 17.7 Å². The van der Waals surface area contributed by atoms with Gasteiger partial charge >= 0.3 is 11.9 Å². The highest BCUT2D eigenvalue weighted by Gasteiger charge is 2.38. The van der Waals surface area contributed by atoms with Gasteiger partial charge in [-0.05, 0) is 24.6 Å². The molecular weight excluding hydrogens is 348 g/mol. The fraction of sp³-hybridized carbons (Fsp3) is 0.353. The number of rotatable bonds is 5. The van der Waals surface area contributed by atoms with E-state index in [1.165, 1.54) is 26.1 Å². The van der Waals surface area contributed by atoms with Crippen LogP contribution in [0.2, 0.25) is 5.02 Å². The van der Waals surface area contributed by atoms with Gasteiger partial charge in [0.1, 0.15) is 0 Å². The zero-order valence-electron chi connectivity index (χ0n) is 14.1. The molecule has 8 heteroatoms. The van der Waals surface area contributed by atoms with Crippen molar-refractivity contribution in [2.45, 2.75) is 33.0 Å². The van der Waals surface area contributed by atoms with Crippen LogP contribution >= 0.6 is 11.6 Å². The predicted molar refractivity (Wildman–Crippen MR) is 92.0 cm³/mol. The molecule has 134 valence electrons. The van der Waals surface area contributed by atoms with Crippen LogP contribution in [0.25, 0.3) is 0 Å². The number of carbonyl (C=O) groups is 3. The molecule has 0 saturated carbocycles. The number of esters is 2. The minimum absolute atomic E-state index is 0.272. The second-order valence-electron chi connectivity index (χ2n) is 5.83. The van der Waals surface area contributed by atoms with Crippen LogP contribution in [0.1, 0.15) is 37.6 Å². The van der Waals surface area contributed by atoms with Gasteiger partial charge in [-0.1, -0.05) is 18.5 Å². The Labute approximate surface area is 150 Å². The summed E-state index contributed by atoms with van der Waals surface area (Å²) in [6.07, 6.45) is 1.98. The number of carbonyl (C=O) groups excluding carboxylic acids is 3. The highest BCUT2D eigenvalue weighted by Crippen LogP contribution is 2.24. The van der Waals surface area contributed by atoms with Crippen molar-refractivity contribution >= 4 is 35.1 Å². The zero-order valence-corrected chi connectivity index (χ0v) is 14.9. The smallest absolute Gasteiger partial charge is 0.350 e. The fourth-order valence-corrected chi connectivity index (χ4v) is 2.26. The van der Waals surface area contributed by atoms with Crippen molar-refractivity contribution in [2.24, 2.45) is 0 Å². The van der Waals surface area contributed by atoms with Gasteiger partial charge in [-0.2, -0.15) is 0 Å². The van der Waals surface area contributed by atoms with Gasteiger partial charge in [0.25, 0.3) is 11.7 Å². The normalized spacial score (nSPS) is 15.9. The molecule has 0 atom stereocenters. The average Bonchev–Trinajstić information content (AvgIpc) is 2.52. The van der Waals surface area contributed by atoms with E-state index in [2.05, 4.69) is 10.6 Å². The molecule has 2 rings (SSSR count). The van der Waals surface area contributed by atoms with E-state index in [4.69, 9.17) is 21.1 Å². The molecule has 0 bridgehead atoms. The number of cyclic esters (lactones) is 2. The van der Waals surface area contributed by atoms with Crippen LogP contribution in [0, 0.1) is 0 Å². The molecule has 0 aliphatic carbocycles. The molecule has 25 heavy (non-hydrogen) atoms. The average molecular weight is 367 g/mol. The molecule has 1 amide bonds. The third-order valence-electron chi connectivity index (χ3n) is 3.25. The van der Waals surface area contributed by atoms with Crippen LogP contribution in [0.5, 0.6) is 0 Å². The van der Waals surface area contributed by atoms with Crippen LogP contribution in [0.3, 0.4) is 0 Å². The van der Waals surface area contributed by atoms with Crippen LogP contribution in [-0.4, -0.2) is 30.2 Å². The summed E-state index contributed by atoms with van der Waals surface area (Å²) < 4.78 is 9.99. The van der Waals surface area contributed by atoms with E-state index in [1.807, 2.05) is 6.92 Å². The van der Waals surface area contributed by atoms with Crippen molar-refractivity contribution in [3.63, 3.8) is 0 Å². The molecule has 1 aliphatic rings. The summed E-state index contributed by atoms with van der Waals surface area (Å²) in [4.78, 5) is 35.8. The van der Waals surface area contributed by atoms with E-state index in [0.29, 0.717) is 17.3 Å². The minimum atomic E-state index is -1.30. The molecule has 0 aromatic heterocycles. The standard InChI is InChI=1S/C17H19ClN2O5/c1-4-7-19-14(21)11-8-10(5-6-13(11)18)20-9-12-15(22)24-17(2,3)25-16(12)23/h5-6,8-9,20H,4,7H2,1-3H3,(H,19,21). The number of hydrogen-bond donors (Lipinski definition) is 2. The lowest BCUT2D eigenvalue weighted by molar-refractivity contribution is -0.222. The third-order valence-corrected chi connectivity index (χ3v) is 3.58. The van der Waals surface area contributed by atoms with Gasteiger partial charge in [0.05, 0.1) is 10.6 Å². The van der Waals surface area contributed by atoms with Crippen molar-refractivity contribution < 1.29 is 23.9 Å². The first-order valence-corrected chi connectivity index (χ1v) is 8.12. The Morgan fingerprint density at radius 3 is 2.48 bits per heavy atom.